The summed E-state index contributed by atoms with van der Waals surface area (Å²) in [6, 6.07) is 12.0. The molecule has 0 atom stereocenters. The second kappa shape index (κ2) is 10.5. The number of anilines is 2. The third kappa shape index (κ3) is 5.41. The van der Waals surface area contributed by atoms with Gasteiger partial charge in [0.1, 0.15) is 11.6 Å². The lowest BCUT2D eigenvalue weighted by molar-refractivity contribution is -0.112. The predicted molar refractivity (Wildman–Crippen MR) is 132 cm³/mol. The molecule has 32 heavy (non-hydrogen) atoms. The molecule has 0 spiro atoms. The fraction of sp³-hybridized carbons (Fsp3) is 0.462. The van der Waals surface area contributed by atoms with Crippen LogP contribution < -0.4 is 10.2 Å². The second-order valence-corrected chi connectivity index (χ2v) is 8.89. The highest BCUT2D eigenvalue weighted by molar-refractivity contribution is 6.11. The van der Waals surface area contributed by atoms with Gasteiger partial charge in [-0.1, -0.05) is 32.9 Å². The van der Waals surface area contributed by atoms with Crippen LogP contribution in [0.4, 0.5) is 11.4 Å². The molecular formula is C26H35N5O. The Morgan fingerprint density at radius 1 is 1.19 bits per heavy atom. The number of benzene rings is 1. The van der Waals surface area contributed by atoms with Gasteiger partial charge in [0.05, 0.1) is 11.4 Å². The highest BCUT2D eigenvalue weighted by atomic mass is 16.1. The number of carbonyl (C=O) groups excluding carboxylic acids is 1. The topological polar surface area (TPSA) is 64.3 Å². The number of hydrogen-bond donors (Lipinski definition) is 1. The summed E-state index contributed by atoms with van der Waals surface area (Å²) in [6.45, 7) is 16.5. The van der Waals surface area contributed by atoms with Gasteiger partial charge >= 0.3 is 0 Å². The molecule has 1 aliphatic rings. The van der Waals surface area contributed by atoms with Crippen LogP contribution in [0.2, 0.25) is 0 Å². The minimum Gasteiger partial charge on any atom is -0.367 e. The molecule has 1 saturated heterocycles. The van der Waals surface area contributed by atoms with E-state index in [0.717, 1.165) is 67.6 Å². The van der Waals surface area contributed by atoms with Crippen molar-refractivity contribution in [3.8, 4) is 6.07 Å². The molecule has 1 fully saturated rings. The zero-order valence-electron chi connectivity index (χ0n) is 20.0. The molecule has 2 aromatic rings. The summed E-state index contributed by atoms with van der Waals surface area (Å²) in [5.74, 6) is 0.145. The van der Waals surface area contributed by atoms with E-state index in [0.29, 0.717) is 5.92 Å². The van der Waals surface area contributed by atoms with Crippen LogP contribution in [0.15, 0.2) is 35.9 Å². The average Bonchev–Trinajstić information content (AvgIpc) is 3.04. The SMILES string of the molecule is CCN1CCN(c2ccccc2NC(=O)/C(C#N)=C\c2cc(C)n(CC(C)C)c2C)CC1. The number of para-hydroxylation sites is 2. The first kappa shape index (κ1) is 23.6. The van der Waals surface area contributed by atoms with Crippen molar-refractivity contribution >= 4 is 23.4 Å². The molecule has 2 heterocycles. The van der Waals surface area contributed by atoms with E-state index >= 15 is 0 Å². The van der Waals surface area contributed by atoms with Gasteiger partial charge in [0.25, 0.3) is 5.91 Å². The van der Waals surface area contributed by atoms with Crippen molar-refractivity contribution in [2.75, 3.05) is 42.9 Å². The van der Waals surface area contributed by atoms with Crippen molar-refractivity contribution < 1.29 is 4.79 Å². The Hall–Kier alpha value is -3.04. The van der Waals surface area contributed by atoms with Crippen molar-refractivity contribution in [2.45, 2.75) is 41.2 Å². The Morgan fingerprint density at radius 3 is 2.50 bits per heavy atom. The number of aromatic nitrogens is 1. The fourth-order valence-corrected chi connectivity index (χ4v) is 4.27. The number of aryl methyl sites for hydroxylation is 1. The van der Waals surface area contributed by atoms with Crippen LogP contribution in [0, 0.1) is 31.1 Å². The van der Waals surface area contributed by atoms with Crippen molar-refractivity contribution in [1.29, 1.82) is 5.26 Å². The molecule has 6 nitrogen and oxygen atoms in total. The van der Waals surface area contributed by atoms with Gasteiger partial charge in [-0.2, -0.15) is 5.26 Å². The Labute approximate surface area is 192 Å². The van der Waals surface area contributed by atoms with Gasteiger partial charge < -0.3 is 19.7 Å². The predicted octanol–water partition coefficient (Wildman–Crippen LogP) is 4.45. The Kier molecular flexibility index (Phi) is 7.76. The number of nitrogens with one attached hydrogen (secondary N) is 1. The zero-order valence-corrected chi connectivity index (χ0v) is 20.0. The largest absolute Gasteiger partial charge is 0.367 e. The van der Waals surface area contributed by atoms with Gasteiger partial charge in [0.2, 0.25) is 0 Å². The quantitative estimate of drug-likeness (QED) is 0.518. The van der Waals surface area contributed by atoms with Crippen molar-refractivity contribution in [1.82, 2.24) is 9.47 Å². The van der Waals surface area contributed by atoms with Crippen LogP contribution in [0.1, 0.15) is 37.7 Å². The maximum absolute atomic E-state index is 13.0. The maximum atomic E-state index is 13.0. The van der Waals surface area contributed by atoms with Crippen LogP contribution in [0.3, 0.4) is 0 Å². The van der Waals surface area contributed by atoms with Crippen LogP contribution in [0.5, 0.6) is 0 Å². The highest BCUT2D eigenvalue weighted by Gasteiger charge is 2.20. The lowest BCUT2D eigenvalue weighted by Gasteiger charge is -2.36. The lowest BCUT2D eigenvalue weighted by atomic mass is 10.1. The Balaban J connectivity index is 1.81. The molecule has 0 aliphatic carbocycles. The van der Waals surface area contributed by atoms with Gasteiger partial charge in [0.15, 0.2) is 0 Å². The molecule has 1 N–H and O–H groups in total. The summed E-state index contributed by atoms with van der Waals surface area (Å²) in [6.07, 6.45) is 1.71. The molecule has 3 rings (SSSR count). The number of amides is 1. The zero-order chi connectivity index (χ0) is 23.3. The van der Waals surface area contributed by atoms with Crippen LogP contribution in [-0.2, 0) is 11.3 Å². The molecule has 6 heteroatoms. The molecule has 0 bridgehead atoms. The minimum atomic E-state index is -0.374. The van der Waals surface area contributed by atoms with E-state index in [9.17, 15) is 10.1 Å². The van der Waals surface area contributed by atoms with E-state index in [1.807, 2.05) is 37.3 Å². The monoisotopic (exact) mass is 433 g/mol. The molecular weight excluding hydrogens is 398 g/mol. The lowest BCUT2D eigenvalue weighted by Crippen LogP contribution is -2.46. The summed E-state index contributed by atoms with van der Waals surface area (Å²) >= 11 is 0. The van der Waals surface area contributed by atoms with Gasteiger partial charge in [0, 0.05) is 44.1 Å². The number of nitrogens with zero attached hydrogens (tertiary/aromatic N) is 4. The fourth-order valence-electron chi connectivity index (χ4n) is 4.27. The normalized spacial score (nSPS) is 15.2. The Morgan fingerprint density at radius 2 is 1.88 bits per heavy atom. The van der Waals surface area contributed by atoms with E-state index < -0.39 is 0 Å². The molecule has 1 aromatic carbocycles. The van der Waals surface area contributed by atoms with Crippen molar-refractivity contribution in [3.63, 3.8) is 0 Å². The first-order chi connectivity index (χ1) is 15.3. The molecule has 1 amide bonds. The first-order valence-corrected chi connectivity index (χ1v) is 11.5. The van der Waals surface area contributed by atoms with E-state index in [-0.39, 0.29) is 11.5 Å². The van der Waals surface area contributed by atoms with Crippen LogP contribution >= 0.6 is 0 Å². The molecule has 0 unspecified atom stereocenters. The van der Waals surface area contributed by atoms with Gasteiger partial charge in [-0.25, -0.2) is 0 Å². The molecule has 0 radical (unpaired) electrons. The molecule has 0 saturated carbocycles. The first-order valence-electron chi connectivity index (χ1n) is 11.5. The smallest absolute Gasteiger partial charge is 0.266 e. The molecule has 1 aliphatic heterocycles. The van der Waals surface area contributed by atoms with Gasteiger partial charge in [-0.05, 0) is 56.1 Å². The average molecular weight is 434 g/mol. The summed E-state index contributed by atoms with van der Waals surface area (Å²) in [4.78, 5) is 17.8. The third-order valence-corrected chi connectivity index (χ3v) is 6.14. The van der Waals surface area contributed by atoms with Crippen molar-refractivity contribution in [3.05, 3.63) is 52.9 Å². The summed E-state index contributed by atoms with van der Waals surface area (Å²) < 4.78 is 2.24. The van der Waals surface area contributed by atoms with Gasteiger partial charge in [-0.3, -0.25) is 4.79 Å². The summed E-state index contributed by atoms with van der Waals surface area (Å²) in [5.41, 5.74) is 4.99. The summed E-state index contributed by atoms with van der Waals surface area (Å²) in [7, 11) is 0. The van der Waals surface area contributed by atoms with Crippen molar-refractivity contribution in [2.24, 2.45) is 5.92 Å². The minimum absolute atomic E-state index is 0.111. The Bertz CT molecular complexity index is 1020. The van der Waals surface area contributed by atoms with Crippen LogP contribution in [0.25, 0.3) is 6.08 Å². The van der Waals surface area contributed by atoms with E-state index in [4.69, 9.17) is 0 Å². The number of likely N-dealkylation sites (N-methyl/N-ethyl adjacent to an activating group) is 1. The molecule has 170 valence electrons. The van der Waals surface area contributed by atoms with Crippen LogP contribution in [-0.4, -0.2) is 48.1 Å². The second-order valence-electron chi connectivity index (χ2n) is 8.89. The number of hydrogen-bond acceptors (Lipinski definition) is 4. The number of nitriles is 1. The number of carbonyl (C=O) groups is 1. The summed E-state index contributed by atoms with van der Waals surface area (Å²) in [5, 5.41) is 12.7. The van der Waals surface area contributed by atoms with Gasteiger partial charge in [-0.15, -0.1) is 0 Å². The van der Waals surface area contributed by atoms with E-state index in [2.05, 4.69) is 53.4 Å². The van der Waals surface area contributed by atoms with E-state index in [1.165, 1.54) is 0 Å². The molecule has 1 aromatic heterocycles. The third-order valence-electron chi connectivity index (χ3n) is 6.14. The van der Waals surface area contributed by atoms with E-state index in [1.54, 1.807) is 6.08 Å². The highest BCUT2D eigenvalue weighted by Crippen LogP contribution is 2.27. The standard InChI is InChI=1S/C26H35N5O/c1-6-29-11-13-30(14-12-29)25-10-8-7-9-24(25)28-26(32)23(17-27)16-22-15-20(4)31(21(22)5)18-19(2)3/h7-10,15-16,19H,6,11-14,18H2,1-5H3,(H,28,32)/b23-16-. The maximum Gasteiger partial charge on any atom is 0.266 e. The number of rotatable bonds is 7. The number of piperazine rings is 1.